The normalized spacial score (nSPS) is 25.5. The number of rotatable bonds is 5. The fourth-order valence-corrected chi connectivity index (χ4v) is 3.60. The standard InChI is InChI=1S/C19H28F3NO/c1-5-23(4)17-12-15(9-10-18(17)24-13(2)3)14-7-6-8-16(11-14)19(20,21)22/h6-8,11,13,15,17-18H,5,9-10,12H2,1-4H3/t15-,17-,18-/m0/s1. The second kappa shape index (κ2) is 7.87. The smallest absolute Gasteiger partial charge is 0.374 e. The zero-order valence-corrected chi connectivity index (χ0v) is 14.9. The molecule has 3 atom stereocenters. The highest BCUT2D eigenvalue weighted by Crippen LogP contribution is 2.38. The molecule has 1 aliphatic rings. The second-order valence-electron chi connectivity index (χ2n) is 7.00. The first-order chi connectivity index (χ1) is 11.2. The van der Waals surface area contributed by atoms with E-state index in [9.17, 15) is 13.2 Å². The molecule has 1 aromatic carbocycles. The van der Waals surface area contributed by atoms with Gasteiger partial charge < -0.3 is 9.64 Å². The van der Waals surface area contributed by atoms with Gasteiger partial charge in [0.1, 0.15) is 0 Å². The van der Waals surface area contributed by atoms with Crippen molar-refractivity contribution in [1.82, 2.24) is 4.90 Å². The van der Waals surface area contributed by atoms with E-state index in [-0.39, 0.29) is 24.2 Å². The fraction of sp³-hybridized carbons (Fsp3) is 0.684. The van der Waals surface area contributed by atoms with Crippen LogP contribution in [0.5, 0.6) is 0 Å². The number of halogens is 3. The molecule has 0 saturated heterocycles. The fourth-order valence-electron chi connectivity index (χ4n) is 3.60. The molecule has 0 N–H and O–H groups in total. The van der Waals surface area contributed by atoms with Crippen LogP contribution in [0.1, 0.15) is 57.1 Å². The molecule has 0 unspecified atom stereocenters. The molecule has 0 bridgehead atoms. The van der Waals surface area contributed by atoms with E-state index in [1.165, 1.54) is 12.1 Å². The molecule has 0 spiro atoms. The monoisotopic (exact) mass is 343 g/mol. The topological polar surface area (TPSA) is 12.5 Å². The van der Waals surface area contributed by atoms with Crippen LogP contribution in [0.3, 0.4) is 0 Å². The molecular formula is C19H28F3NO. The Labute approximate surface area is 143 Å². The predicted octanol–water partition coefficient (Wildman–Crippen LogP) is 5.09. The van der Waals surface area contributed by atoms with Gasteiger partial charge in [-0.25, -0.2) is 0 Å². The van der Waals surface area contributed by atoms with E-state index in [4.69, 9.17) is 4.74 Å². The van der Waals surface area contributed by atoms with E-state index in [2.05, 4.69) is 18.9 Å². The lowest BCUT2D eigenvalue weighted by Crippen LogP contribution is -2.47. The summed E-state index contributed by atoms with van der Waals surface area (Å²) in [5, 5.41) is 0. The lowest BCUT2D eigenvalue weighted by molar-refractivity contribution is -0.137. The largest absolute Gasteiger partial charge is 0.416 e. The van der Waals surface area contributed by atoms with Crippen LogP contribution in [0, 0.1) is 0 Å². The van der Waals surface area contributed by atoms with E-state index in [0.29, 0.717) is 0 Å². The van der Waals surface area contributed by atoms with E-state index in [0.717, 1.165) is 37.4 Å². The van der Waals surface area contributed by atoms with Crippen LogP contribution in [0.2, 0.25) is 0 Å². The highest BCUT2D eigenvalue weighted by Gasteiger charge is 2.36. The summed E-state index contributed by atoms with van der Waals surface area (Å²) in [7, 11) is 2.07. The van der Waals surface area contributed by atoms with Gasteiger partial charge in [-0.1, -0.05) is 25.1 Å². The predicted molar refractivity (Wildman–Crippen MR) is 90.1 cm³/mol. The van der Waals surface area contributed by atoms with Crippen LogP contribution in [0.4, 0.5) is 13.2 Å². The minimum Gasteiger partial charge on any atom is -0.374 e. The van der Waals surface area contributed by atoms with Crippen molar-refractivity contribution in [2.45, 2.75) is 70.4 Å². The molecule has 1 aromatic rings. The molecule has 0 radical (unpaired) electrons. The van der Waals surface area contributed by atoms with Crippen LogP contribution in [-0.4, -0.2) is 36.7 Å². The number of hydrogen-bond donors (Lipinski definition) is 0. The summed E-state index contributed by atoms with van der Waals surface area (Å²) in [6.45, 7) is 7.06. The van der Waals surface area contributed by atoms with Crippen molar-refractivity contribution in [3.63, 3.8) is 0 Å². The van der Waals surface area contributed by atoms with Crippen LogP contribution in [0.25, 0.3) is 0 Å². The first kappa shape index (κ1) is 19.3. The summed E-state index contributed by atoms with van der Waals surface area (Å²) in [5.74, 6) is 0.151. The molecule has 1 fully saturated rings. The van der Waals surface area contributed by atoms with Gasteiger partial charge in [0.25, 0.3) is 0 Å². The Balaban J connectivity index is 2.18. The van der Waals surface area contributed by atoms with Crippen molar-refractivity contribution in [3.8, 4) is 0 Å². The molecule has 2 nitrogen and oxygen atoms in total. The number of alkyl halides is 3. The minimum atomic E-state index is -4.28. The van der Waals surface area contributed by atoms with E-state index in [1.807, 2.05) is 19.9 Å². The minimum absolute atomic E-state index is 0.150. The first-order valence-corrected chi connectivity index (χ1v) is 8.75. The summed E-state index contributed by atoms with van der Waals surface area (Å²) >= 11 is 0. The third kappa shape index (κ3) is 4.73. The van der Waals surface area contributed by atoms with Gasteiger partial charge in [-0.15, -0.1) is 0 Å². The summed E-state index contributed by atoms with van der Waals surface area (Å²) in [4.78, 5) is 2.26. The maximum atomic E-state index is 13.0. The first-order valence-electron chi connectivity index (χ1n) is 8.75. The highest BCUT2D eigenvalue weighted by atomic mass is 19.4. The van der Waals surface area contributed by atoms with Crippen molar-refractivity contribution in [2.24, 2.45) is 0 Å². The van der Waals surface area contributed by atoms with Crippen molar-refractivity contribution < 1.29 is 17.9 Å². The van der Waals surface area contributed by atoms with Gasteiger partial charge in [-0.3, -0.25) is 0 Å². The quantitative estimate of drug-likeness (QED) is 0.739. The average molecular weight is 343 g/mol. The SMILES string of the molecule is CCN(C)[C@H]1C[C@@H](c2cccc(C(F)(F)F)c2)CC[C@@H]1OC(C)C. The molecular weight excluding hydrogens is 315 g/mol. The molecule has 0 amide bonds. The lowest BCUT2D eigenvalue weighted by Gasteiger charge is -2.41. The van der Waals surface area contributed by atoms with Gasteiger partial charge in [0.15, 0.2) is 0 Å². The van der Waals surface area contributed by atoms with Gasteiger partial charge in [-0.05, 0) is 64.3 Å². The zero-order chi connectivity index (χ0) is 17.9. The average Bonchev–Trinajstić information content (AvgIpc) is 2.53. The third-order valence-electron chi connectivity index (χ3n) is 4.95. The van der Waals surface area contributed by atoms with Crippen molar-refractivity contribution in [3.05, 3.63) is 35.4 Å². The van der Waals surface area contributed by atoms with Crippen molar-refractivity contribution >= 4 is 0 Å². The maximum Gasteiger partial charge on any atom is 0.416 e. The number of hydrogen-bond acceptors (Lipinski definition) is 2. The maximum absolute atomic E-state index is 13.0. The molecule has 136 valence electrons. The van der Waals surface area contributed by atoms with Gasteiger partial charge in [0.05, 0.1) is 17.8 Å². The molecule has 0 heterocycles. The van der Waals surface area contributed by atoms with Crippen LogP contribution in [0.15, 0.2) is 24.3 Å². The molecule has 0 aliphatic heterocycles. The summed E-state index contributed by atoms with van der Waals surface area (Å²) in [6, 6.07) is 6.05. The van der Waals surface area contributed by atoms with Gasteiger partial charge in [0, 0.05) is 6.04 Å². The Kier molecular flexibility index (Phi) is 6.32. The van der Waals surface area contributed by atoms with Gasteiger partial charge in [-0.2, -0.15) is 13.2 Å². The summed E-state index contributed by atoms with van der Waals surface area (Å²) in [5.41, 5.74) is 0.239. The van der Waals surface area contributed by atoms with Gasteiger partial charge in [0.2, 0.25) is 0 Å². The molecule has 2 rings (SSSR count). The summed E-state index contributed by atoms with van der Waals surface area (Å²) in [6.07, 6.45) is -1.39. The molecule has 24 heavy (non-hydrogen) atoms. The molecule has 0 aromatic heterocycles. The lowest BCUT2D eigenvalue weighted by atomic mass is 9.79. The van der Waals surface area contributed by atoms with Crippen molar-refractivity contribution in [1.29, 1.82) is 0 Å². The van der Waals surface area contributed by atoms with Crippen LogP contribution in [-0.2, 0) is 10.9 Å². The van der Waals surface area contributed by atoms with E-state index < -0.39 is 11.7 Å². The Morgan fingerprint density at radius 3 is 2.54 bits per heavy atom. The Morgan fingerprint density at radius 2 is 1.96 bits per heavy atom. The van der Waals surface area contributed by atoms with Crippen molar-refractivity contribution in [2.75, 3.05) is 13.6 Å². The highest BCUT2D eigenvalue weighted by molar-refractivity contribution is 5.29. The van der Waals surface area contributed by atoms with E-state index >= 15 is 0 Å². The molecule has 5 heteroatoms. The number of ether oxygens (including phenoxy) is 1. The second-order valence-corrected chi connectivity index (χ2v) is 7.00. The number of likely N-dealkylation sites (N-methyl/N-ethyl adjacent to an activating group) is 1. The number of nitrogens with zero attached hydrogens (tertiary/aromatic N) is 1. The van der Waals surface area contributed by atoms with Gasteiger partial charge >= 0.3 is 6.18 Å². The summed E-state index contributed by atoms with van der Waals surface area (Å²) < 4.78 is 45.0. The Hall–Kier alpha value is -1.07. The Bertz CT molecular complexity index is 530. The Morgan fingerprint density at radius 1 is 1.25 bits per heavy atom. The van der Waals surface area contributed by atoms with Crippen LogP contribution >= 0.6 is 0 Å². The zero-order valence-electron chi connectivity index (χ0n) is 14.9. The number of benzene rings is 1. The molecule has 1 aliphatic carbocycles. The van der Waals surface area contributed by atoms with E-state index in [1.54, 1.807) is 0 Å². The molecule has 1 saturated carbocycles. The van der Waals surface area contributed by atoms with Crippen LogP contribution < -0.4 is 0 Å². The third-order valence-corrected chi connectivity index (χ3v) is 4.95.